The highest BCUT2D eigenvalue weighted by Gasteiger charge is 2.07. The van der Waals surface area contributed by atoms with Crippen molar-refractivity contribution in [2.24, 2.45) is 5.10 Å². The molecule has 1 heterocycles. The first-order valence-electron chi connectivity index (χ1n) is 8.13. The van der Waals surface area contributed by atoms with E-state index in [1.165, 1.54) is 19.3 Å². The van der Waals surface area contributed by atoms with Crippen molar-refractivity contribution >= 4 is 11.6 Å². The fourth-order valence-electron chi connectivity index (χ4n) is 2.30. The average molecular weight is 309 g/mol. The second-order valence-corrected chi connectivity index (χ2v) is 5.41. The normalized spacial score (nSPS) is 11.3. The predicted octanol–water partition coefficient (Wildman–Crippen LogP) is 4.19. The Kier molecular flexibility index (Phi) is 6.98. The van der Waals surface area contributed by atoms with Gasteiger partial charge in [0.15, 0.2) is 0 Å². The van der Waals surface area contributed by atoms with Crippen LogP contribution in [0.25, 0.3) is 0 Å². The van der Waals surface area contributed by atoms with Crippen molar-refractivity contribution in [3.63, 3.8) is 0 Å². The van der Waals surface area contributed by atoms with E-state index in [0.29, 0.717) is 5.56 Å². The van der Waals surface area contributed by atoms with E-state index in [-0.39, 0.29) is 5.91 Å². The molecule has 0 bridgehead atoms. The molecule has 0 saturated heterocycles. The Morgan fingerprint density at radius 3 is 2.43 bits per heavy atom. The number of carbonyl (C=O) groups is 1. The maximum absolute atomic E-state index is 12.1. The van der Waals surface area contributed by atoms with Gasteiger partial charge in [0, 0.05) is 18.0 Å². The Balaban J connectivity index is 2.05. The van der Waals surface area contributed by atoms with Crippen LogP contribution in [0.2, 0.25) is 0 Å². The van der Waals surface area contributed by atoms with Crippen LogP contribution < -0.4 is 5.43 Å². The van der Waals surface area contributed by atoms with Crippen LogP contribution in [0.15, 0.2) is 60.0 Å². The molecule has 0 aliphatic rings. The molecular formula is C19H23N3O. The third-order valence-corrected chi connectivity index (χ3v) is 3.61. The minimum Gasteiger partial charge on any atom is -0.267 e. The predicted molar refractivity (Wildman–Crippen MR) is 93.4 cm³/mol. The van der Waals surface area contributed by atoms with Gasteiger partial charge in [-0.3, -0.25) is 9.78 Å². The van der Waals surface area contributed by atoms with Gasteiger partial charge in [-0.25, -0.2) is 5.43 Å². The summed E-state index contributed by atoms with van der Waals surface area (Å²) in [5, 5.41) is 4.36. The molecule has 2 aromatic rings. The third kappa shape index (κ3) is 5.66. The van der Waals surface area contributed by atoms with Crippen molar-refractivity contribution in [3.8, 4) is 0 Å². The van der Waals surface area contributed by atoms with E-state index in [1.807, 2.05) is 30.3 Å². The topological polar surface area (TPSA) is 54.4 Å². The van der Waals surface area contributed by atoms with Crippen LogP contribution in [-0.2, 0) is 0 Å². The number of benzene rings is 1. The minimum absolute atomic E-state index is 0.214. The quantitative estimate of drug-likeness (QED) is 0.451. The van der Waals surface area contributed by atoms with Gasteiger partial charge >= 0.3 is 0 Å². The van der Waals surface area contributed by atoms with E-state index in [4.69, 9.17) is 0 Å². The van der Waals surface area contributed by atoms with E-state index < -0.39 is 0 Å². The number of hydrogen-bond donors (Lipinski definition) is 1. The van der Waals surface area contributed by atoms with Gasteiger partial charge in [-0.05, 0) is 30.5 Å². The number of nitrogens with zero attached hydrogens (tertiary/aromatic N) is 2. The number of aromatic nitrogens is 1. The van der Waals surface area contributed by atoms with E-state index in [2.05, 4.69) is 22.4 Å². The van der Waals surface area contributed by atoms with Crippen LogP contribution in [0.1, 0.15) is 54.9 Å². The Bertz CT molecular complexity index is 624. The van der Waals surface area contributed by atoms with E-state index in [0.717, 1.165) is 24.1 Å². The molecule has 1 aromatic heterocycles. The van der Waals surface area contributed by atoms with Gasteiger partial charge in [-0.15, -0.1) is 0 Å². The second kappa shape index (κ2) is 9.51. The smallest absolute Gasteiger partial charge is 0.267 e. The van der Waals surface area contributed by atoms with Gasteiger partial charge in [0.1, 0.15) is 0 Å². The van der Waals surface area contributed by atoms with Gasteiger partial charge in [-0.2, -0.15) is 5.10 Å². The molecular weight excluding hydrogens is 286 g/mol. The van der Waals surface area contributed by atoms with Gasteiger partial charge in [0.25, 0.3) is 5.91 Å². The average Bonchev–Trinajstić information content (AvgIpc) is 2.62. The number of unbranched alkanes of at least 4 members (excludes halogenated alkanes) is 3. The van der Waals surface area contributed by atoms with E-state index in [1.54, 1.807) is 24.5 Å². The van der Waals surface area contributed by atoms with Gasteiger partial charge in [0.2, 0.25) is 0 Å². The van der Waals surface area contributed by atoms with Crippen molar-refractivity contribution < 1.29 is 4.79 Å². The van der Waals surface area contributed by atoms with Crippen LogP contribution in [0.3, 0.4) is 0 Å². The summed E-state index contributed by atoms with van der Waals surface area (Å²) < 4.78 is 0. The largest absolute Gasteiger partial charge is 0.271 e. The molecule has 1 amide bonds. The summed E-state index contributed by atoms with van der Waals surface area (Å²) in [6.07, 6.45) is 8.75. The molecule has 4 nitrogen and oxygen atoms in total. The lowest BCUT2D eigenvalue weighted by molar-refractivity contribution is 0.0954. The Labute approximate surface area is 137 Å². The summed E-state index contributed by atoms with van der Waals surface area (Å²) in [5.41, 5.74) is 5.19. The molecule has 1 N–H and O–H groups in total. The Morgan fingerprint density at radius 2 is 1.74 bits per heavy atom. The molecule has 0 spiro atoms. The first-order valence-corrected chi connectivity index (χ1v) is 8.13. The van der Waals surface area contributed by atoms with Crippen molar-refractivity contribution in [2.75, 3.05) is 0 Å². The van der Waals surface area contributed by atoms with Gasteiger partial charge in [0.05, 0.1) is 5.71 Å². The number of carbonyl (C=O) groups excluding carboxylic acids is 1. The molecule has 0 radical (unpaired) electrons. The van der Waals surface area contributed by atoms with Crippen molar-refractivity contribution in [3.05, 3.63) is 66.0 Å². The maximum Gasteiger partial charge on any atom is 0.271 e. The maximum atomic E-state index is 12.1. The monoisotopic (exact) mass is 309 g/mol. The Hall–Kier alpha value is -2.49. The summed E-state index contributed by atoms with van der Waals surface area (Å²) in [5.74, 6) is -0.214. The number of nitrogens with one attached hydrogen (secondary N) is 1. The first-order chi connectivity index (χ1) is 11.3. The summed E-state index contributed by atoms with van der Waals surface area (Å²) >= 11 is 0. The zero-order valence-corrected chi connectivity index (χ0v) is 13.5. The fraction of sp³-hybridized carbons (Fsp3) is 0.316. The Morgan fingerprint density at radius 1 is 1.00 bits per heavy atom. The lowest BCUT2D eigenvalue weighted by Crippen LogP contribution is -2.20. The van der Waals surface area contributed by atoms with Crippen molar-refractivity contribution in [2.45, 2.75) is 39.0 Å². The second-order valence-electron chi connectivity index (χ2n) is 5.41. The first kappa shape index (κ1) is 16.9. The highest BCUT2D eigenvalue weighted by atomic mass is 16.2. The molecule has 0 unspecified atom stereocenters. The van der Waals surface area contributed by atoms with Crippen LogP contribution >= 0.6 is 0 Å². The standard InChI is InChI=1S/C19H23N3O/c1-2-3-4-8-11-18(16-9-6-5-7-10-16)21-22-19(23)17-12-14-20-15-13-17/h5-7,9-10,12-15H,2-4,8,11H2,1H3,(H,22,23)/b21-18-. The molecule has 23 heavy (non-hydrogen) atoms. The summed E-state index contributed by atoms with van der Waals surface area (Å²) in [4.78, 5) is 16.0. The molecule has 0 atom stereocenters. The number of hydrogen-bond acceptors (Lipinski definition) is 3. The number of rotatable bonds is 8. The lowest BCUT2D eigenvalue weighted by Gasteiger charge is -2.08. The van der Waals surface area contributed by atoms with Crippen LogP contribution in [0, 0.1) is 0 Å². The molecule has 4 heteroatoms. The van der Waals surface area contributed by atoms with Crippen LogP contribution in [-0.4, -0.2) is 16.6 Å². The van der Waals surface area contributed by atoms with Crippen molar-refractivity contribution in [1.82, 2.24) is 10.4 Å². The zero-order chi connectivity index (χ0) is 16.3. The van der Waals surface area contributed by atoms with Crippen molar-refractivity contribution in [1.29, 1.82) is 0 Å². The SMILES string of the molecule is CCCCCC/C(=N/NC(=O)c1ccncc1)c1ccccc1. The fourth-order valence-corrected chi connectivity index (χ4v) is 2.30. The third-order valence-electron chi connectivity index (χ3n) is 3.61. The van der Waals surface area contributed by atoms with Crippen LogP contribution in [0.4, 0.5) is 0 Å². The lowest BCUT2D eigenvalue weighted by atomic mass is 10.0. The zero-order valence-electron chi connectivity index (χ0n) is 13.5. The number of amides is 1. The van der Waals surface area contributed by atoms with Gasteiger partial charge in [-0.1, -0.05) is 56.5 Å². The molecule has 0 aliphatic carbocycles. The summed E-state index contributed by atoms with van der Waals surface area (Å²) in [6, 6.07) is 13.4. The highest BCUT2D eigenvalue weighted by molar-refractivity contribution is 6.02. The van der Waals surface area contributed by atoms with Gasteiger partial charge < -0.3 is 0 Å². The number of pyridine rings is 1. The molecule has 0 saturated carbocycles. The molecule has 0 fully saturated rings. The summed E-state index contributed by atoms with van der Waals surface area (Å²) in [6.45, 7) is 2.20. The molecule has 0 aliphatic heterocycles. The summed E-state index contributed by atoms with van der Waals surface area (Å²) in [7, 11) is 0. The van der Waals surface area contributed by atoms with E-state index >= 15 is 0 Å². The van der Waals surface area contributed by atoms with Crippen LogP contribution in [0.5, 0.6) is 0 Å². The number of hydrazone groups is 1. The molecule has 2 rings (SSSR count). The molecule has 120 valence electrons. The minimum atomic E-state index is -0.214. The highest BCUT2D eigenvalue weighted by Crippen LogP contribution is 2.10. The van der Waals surface area contributed by atoms with E-state index in [9.17, 15) is 4.79 Å². The molecule has 1 aromatic carbocycles.